The molecule has 0 aliphatic heterocycles. The Bertz CT molecular complexity index is 840. The molecule has 0 rings (SSSR count). The molecule has 0 aromatic rings. The second-order valence-corrected chi connectivity index (χ2v) is 11.0. The van der Waals surface area contributed by atoms with Crippen molar-refractivity contribution >= 4 is 17.8 Å². The molecule has 2 N–H and O–H groups in total. The summed E-state index contributed by atoms with van der Waals surface area (Å²) in [5.74, 6) is -1.35. The highest BCUT2D eigenvalue weighted by atomic mass is 16.5. The van der Waals surface area contributed by atoms with Crippen LogP contribution in [0.3, 0.4) is 0 Å². The molecule has 0 saturated heterocycles. The number of carbonyl (C=O) groups excluding carboxylic acids is 2. The number of rotatable bonds is 29. The highest BCUT2D eigenvalue weighted by molar-refractivity contribution is 5.80. The van der Waals surface area contributed by atoms with Crippen LogP contribution in [0.2, 0.25) is 0 Å². The van der Waals surface area contributed by atoms with Crippen LogP contribution < -0.4 is 5.32 Å². The average molecular weight is 600 g/mol. The summed E-state index contributed by atoms with van der Waals surface area (Å²) < 4.78 is 5.85. The first kappa shape index (κ1) is 40.1. The molecular formula is C37H61NO5. The fourth-order valence-electron chi connectivity index (χ4n) is 4.42. The Kier molecular flexibility index (Phi) is 29.9. The number of carboxylic acid groups (broad SMARTS) is 1. The van der Waals surface area contributed by atoms with Gasteiger partial charge in [-0.2, -0.15) is 0 Å². The molecule has 0 bridgehead atoms. The van der Waals surface area contributed by atoms with Crippen LogP contribution in [-0.4, -0.2) is 35.6 Å². The van der Waals surface area contributed by atoms with E-state index in [2.05, 4.69) is 73.8 Å². The predicted octanol–water partition coefficient (Wildman–Crippen LogP) is 9.72. The van der Waals surface area contributed by atoms with Gasteiger partial charge in [0.1, 0.15) is 12.6 Å². The van der Waals surface area contributed by atoms with E-state index in [1.807, 2.05) is 6.08 Å². The zero-order valence-corrected chi connectivity index (χ0v) is 27.3. The van der Waals surface area contributed by atoms with E-state index in [9.17, 15) is 14.4 Å². The lowest BCUT2D eigenvalue weighted by molar-refractivity contribution is -0.147. The van der Waals surface area contributed by atoms with Crippen molar-refractivity contribution in [3.05, 3.63) is 60.8 Å². The van der Waals surface area contributed by atoms with E-state index < -0.39 is 5.97 Å². The summed E-state index contributed by atoms with van der Waals surface area (Å²) >= 11 is 0. The maximum absolute atomic E-state index is 12.6. The number of hydrogen-bond donors (Lipinski definition) is 2. The molecule has 1 amide bonds. The molecule has 0 fully saturated rings. The lowest BCUT2D eigenvalue weighted by Gasteiger charge is -2.14. The van der Waals surface area contributed by atoms with Crippen LogP contribution in [0.4, 0.5) is 0 Å². The molecule has 6 heteroatoms. The maximum Gasteiger partial charge on any atom is 0.322 e. The molecule has 0 saturated carbocycles. The van der Waals surface area contributed by atoms with Crippen molar-refractivity contribution in [3.8, 4) is 0 Å². The number of unbranched alkanes of at least 4 members (excludes halogenated alkanes) is 10. The van der Waals surface area contributed by atoms with Crippen molar-refractivity contribution in [2.75, 3.05) is 6.54 Å². The van der Waals surface area contributed by atoms with Crippen LogP contribution in [0, 0.1) is 0 Å². The number of carboxylic acids is 1. The molecule has 244 valence electrons. The fourth-order valence-corrected chi connectivity index (χ4v) is 4.42. The smallest absolute Gasteiger partial charge is 0.322 e. The first-order valence-corrected chi connectivity index (χ1v) is 16.9. The number of amides is 1. The average Bonchev–Trinajstić information content (AvgIpc) is 2.99. The van der Waals surface area contributed by atoms with E-state index in [0.717, 1.165) is 89.9 Å². The van der Waals surface area contributed by atoms with Gasteiger partial charge in [0.2, 0.25) is 5.91 Å². The zero-order valence-electron chi connectivity index (χ0n) is 27.3. The molecule has 1 atom stereocenters. The van der Waals surface area contributed by atoms with Gasteiger partial charge in [-0.05, 0) is 76.7 Å². The van der Waals surface area contributed by atoms with Crippen molar-refractivity contribution < 1.29 is 24.2 Å². The van der Waals surface area contributed by atoms with Gasteiger partial charge in [0.25, 0.3) is 0 Å². The quantitative estimate of drug-likeness (QED) is 0.0507. The van der Waals surface area contributed by atoms with Crippen molar-refractivity contribution in [3.63, 3.8) is 0 Å². The number of carbonyl (C=O) groups is 3. The van der Waals surface area contributed by atoms with Crippen LogP contribution in [0.15, 0.2) is 60.8 Å². The molecule has 1 unspecified atom stereocenters. The molecule has 0 aromatic heterocycles. The van der Waals surface area contributed by atoms with Gasteiger partial charge in [0.15, 0.2) is 0 Å². The van der Waals surface area contributed by atoms with Crippen LogP contribution in [0.25, 0.3) is 0 Å². The highest BCUT2D eigenvalue weighted by Gasteiger charge is 2.11. The van der Waals surface area contributed by atoms with E-state index in [1.54, 1.807) is 0 Å². The number of esters is 1. The third-order valence-electron chi connectivity index (χ3n) is 6.89. The van der Waals surface area contributed by atoms with Crippen molar-refractivity contribution in [2.24, 2.45) is 0 Å². The Hall–Kier alpha value is -2.89. The van der Waals surface area contributed by atoms with E-state index in [-0.39, 0.29) is 24.5 Å². The molecule has 0 aliphatic rings. The van der Waals surface area contributed by atoms with Gasteiger partial charge in [0, 0.05) is 12.8 Å². The van der Waals surface area contributed by atoms with Crippen LogP contribution in [0.5, 0.6) is 0 Å². The van der Waals surface area contributed by atoms with Crippen LogP contribution >= 0.6 is 0 Å². The number of nitrogens with one attached hydrogen (secondary N) is 1. The first-order chi connectivity index (χ1) is 21.0. The fraction of sp³-hybridized carbons (Fsp3) is 0.649. The minimum absolute atomic E-state index is 0.109. The van der Waals surface area contributed by atoms with E-state index >= 15 is 0 Å². The van der Waals surface area contributed by atoms with E-state index in [1.165, 1.54) is 25.7 Å². The van der Waals surface area contributed by atoms with Crippen molar-refractivity contribution in [2.45, 2.75) is 148 Å². The highest BCUT2D eigenvalue weighted by Crippen LogP contribution is 2.14. The Balaban J connectivity index is 4.40. The molecule has 0 aromatic carbocycles. The Morgan fingerprint density at radius 2 is 1.21 bits per heavy atom. The number of ether oxygens (including phenoxy) is 1. The lowest BCUT2D eigenvalue weighted by atomic mass is 10.1. The SMILES string of the molecule is CC/C=C\C/C=C\C/C=C\C/C=C\C(CCCCCCCC(=O)NCC(=O)O)OC(=O)CCCCCCC/C=C\CCC. The monoisotopic (exact) mass is 599 g/mol. The summed E-state index contributed by atoms with van der Waals surface area (Å²) in [6.07, 6.45) is 40.6. The standard InChI is InChI=1S/C37H61NO5/c1-3-5-7-9-11-13-15-16-18-21-25-29-34(30-26-22-20-23-27-31-35(39)38-33-36(40)41)43-37(42)32-28-24-19-17-14-12-10-8-6-4-2/h5,7-8,10-11,13,16,18,25,29,34H,3-4,6,9,12,14-15,17,19-24,26-28,30-33H2,1-2H3,(H,38,39)(H,40,41)/b7-5-,10-8-,13-11-,18-16-,29-25-. The Morgan fingerprint density at radius 1 is 0.651 bits per heavy atom. The van der Waals surface area contributed by atoms with E-state index in [0.29, 0.717) is 12.8 Å². The molecule has 0 heterocycles. The molecule has 0 spiro atoms. The first-order valence-electron chi connectivity index (χ1n) is 16.9. The second kappa shape index (κ2) is 32.0. The maximum atomic E-state index is 12.6. The van der Waals surface area contributed by atoms with Gasteiger partial charge in [-0.3, -0.25) is 14.4 Å². The minimum atomic E-state index is -1.03. The van der Waals surface area contributed by atoms with Crippen LogP contribution in [0.1, 0.15) is 142 Å². The third-order valence-corrected chi connectivity index (χ3v) is 6.89. The van der Waals surface area contributed by atoms with Crippen LogP contribution in [-0.2, 0) is 19.1 Å². The largest absolute Gasteiger partial charge is 0.480 e. The second-order valence-electron chi connectivity index (χ2n) is 11.0. The molecule has 0 aliphatic carbocycles. The summed E-state index contributed by atoms with van der Waals surface area (Å²) in [4.78, 5) is 34.7. The summed E-state index contributed by atoms with van der Waals surface area (Å²) in [6, 6.07) is 0. The van der Waals surface area contributed by atoms with Gasteiger partial charge >= 0.3 is 11.9 Å². The van der Waals surface area contributed by atoms with Gasteiger partial charge in [-0.1, -0.05) is 113 Å². The van der Waals surface area contributed by atoms with Gasteiger partial charge < -0.3 is 15.2 Å². The van der Waals surface area contributed by atoms with E-state index in [4.69, 9.17) is 9.84 Å². The predicted molar refractivity (Wildman–Crippen MR) is 180 cm³/mol. The summed E-state index contributed by atoms with van der Waals surface area (Å²) in [5.41, 5.74) is 0. The number of allylic oxidation sites excluding steroid dienone is 9. The zero-order chi connectivity index (χ0) is 31.6. The Morgan fingerprint density at radius 3 is 1.86 bits per heavy atom. The summed E-state index contributed by atoms with van der Waals surface area (Å²) in [5, 5.41) is 11.0. The lowest BCUT2D eigenvalue weighted by Crippen LogP contribution is -2.28. The number of aliphatic carboxylic acids is 1. The molecule has 6 nitrogen and oxygen atoms in total. The normalized spacial score (nSPS) is 12.8. The summed E-state index contributed by atoms with van der Waals surface area (Å²) in [6.45, 7) is 4.01. The number of hydrogen-bond acceptors (Lipinski definition) is 4. The van der Waals surface area contributed by atoms with Gasteiger partial charge in [0.05, 0.1) is 0 Å². The van der Waals surface area contributed by atoms with Gasteiger partial charge in [-0.25, -0.2) is 0 Å². The third kappa shape index (κ3) is 31.9. The van der Waals surface area contributed by atoms with Gasteiger partial charge in [-0.15, -0.1) is 0 Å². The van der Waals surface area contributed by atoms with Crippen molar-refractivity contribution in [1.29, 1.82) is 0 Å². The topological polar surface area (TPSA) is 92.7 Å². The Labute approximate surface area is 262 Å². The minimum Gasteiger partial charge on any atom is -0.480 e. The summed E-state index contributed by atoms with van der Waals surface area (Å²) in [7, 11) is 0. The molecule has 0 radical (unpaired) electrons. The molecular weight excluding hydrogens is 538 g/mol. The van der Waals surface area contributed by atoms with Crippen molar-refractivity contribution in [1.82, 2.24) is 5.32 Å². The molecule has 43 heavy (non-hydrogen) atoms.